The molecule has 0 fully saturated rings. The Morgan fingerprint density at radius 2 is 2.27 bits per heavy atom. The molecular formula is C7H11BrN2O. The van der Waals surface area contributed by atoms with E-state index in [0.29, 0.717) is 16.2 Å². The van der Waals surface area contributed by atoms with E-state index in [0.717, 1.165) is 12.2 Å². The normalized spacial score (nSPS) is 10.9. The largest absolute Gasteiger partial charge is 0.394 e. The molecule has 0 unspecified atom stereocenters. The molecule has 0 atom stereocenters. The molecule has 0 bridgehead atoms. The van der Waals surface area contributed by atoms with Gasteiger partial charge in [0.2, 0.25) is 0 Å². The Labute approximate surface area is 74.1 Å². The molecule has 0 aliphatic heterocycles. The molecule has 0 saturated carbocycles. The van der Waals surface area contributed by atoms with E-state index in [4.69, 9.17) is 10.3 Å². The van der Waals surface area contributed by atoms with Crippen LogP contribution >= 0.6 is 15.9 Å². The summed E-state index contributed by atoms with van der Waals surface area (Å²) < 4.78 is 5.59. The van der Waals surface area contributed by atoms with Gasteiger partial charge in [-0.2, -0.15) is 0 Å². The van der Waals surface area contributed by atoms with Gasteiger partial charge < -0.3 is 10.3 Å². The second kappa shape index (κ2) is 3.26. The summed E-state index contributed by atoms with van der Waals surface area (Å²) in [5, 5.41) is 3.69. The van der Waals surface area contributed by atoms with Crippen molar-refractivity contribution in [2.45, 2.75) is 20.3 Å². The highest BCUT2D eigenvalue weighted by Crippen LogP contribution is 2.23. The Morgan fingerprint density at radius 1 is 1.64 bits per heavy atom. The SMILES string of the molecule is CC(C)Cc1onc(Br)c1N. The summed E-state index contributed by atoms with van der Waals surface area (Å²) in [7, 11) is 0. The number of nitrogens with two attached hydrogens (primary N) is 1. The Kier molecular flexibility index (Phi) is 2.54. The molecule has 0 aromatic carbocycles. The third kappa shape index (κ3) is 1.96. The molecule has 62 valence electrons. The van der Waals surface area contributed by atoms with Gasteiger partial charge in [0, 0.05) is 6.42 Å². The van der Waals surface area contributed by atoms with Gasteiger partial charge in [-0.1, -0.05) is 19.0 Å². The number of hydrogen-bond donors (Lipinski definition) is 1. The summed E-state index contributed by atoms with van der Waals surface area (Å²) in [5.41, 5.74) is 6.27. The van der Waals surface area contributed by atoms with Crippen LogP contribution in [0.25, 0.3) is 0 Å². The van der Waals surface area contributed by atoms with Gasteiger partial charge >= 0.3 is 0 Å². The fourth-order valence-electron chi connectivity index (χ4n) is 0.827. The van der Waals surface area contributed by atoms with Crippen molar-refractivity contribution in [2.75, 3.05) is 5.73 Å². The molecule has 0 saturated heterocycles. The average Bonchev–Trinajstić information content (AvgIpc) is 2.18. The predicted molar refractivity (Wildman–Crippen MR) is 47.2 cm³/mol. The first-order valence-corrected chi connectivity index (χ1v) is 4.30. The highest BCUT2D eigenvalue weighted by atomic mass is 79.9. The van der Waals surface area contributed by atoms with Crippen molar-refractivity contribution < 1.29 is 4.52 Å². The van der Waals surface area contributed by atoms with Gasteiger partial charge in [0.25, 0.3) is 0 Å². The molecule has 1 aromatic rings. The first kappa shape index (κ1) is 8.59. The number of rotatable bonds is 2. The average molecular weight is 219 g/mol. The standard InChI is InChI=1S/C7H11BrN2O/c1-4(2)3-5-6(9)7(8)10-11-5/h4H,3,9H2,1-2H3. The fourth-order valence-corrected chi connectivity index (χ4v) is 1.12. The molecular weight excluding hydrogens is 208 g/mol. The highest BCUT2D eigenvalue weighted by Gasteiger charge is 2.11. The van der Waals surface area contributed by atoms with E-state index in [1.807, 2.05) is 0 Å². The fraction of sp³-hybridized carbons (Fsp3) is 0.571. The van der Waals surface area contributed by atoms with Crippen LogP contribution in [0.1, 0.15) is 19.6 Å². The molecule has 0 amide bonds. The van der Waals surface area contributed by atoms with Crippen LogP contribution in [0.5, 0.6) is 0 Å². The Hall–Kier alpha value is -0.510. The van der Waals surface area contributed by atoms with Crippen molar-refractivity contribution in [1.82, 2.24) is 5.16 Å². The third-order valence-corrected chi connectivity index (χ3v) is 1.92. The van der Waals surface area contributed by atoms with Crippen molar-refractivity contribution in [3.63, 3.8) is 0 Å². The summed E-state index contributed by atoms with van der Waals surface area (Å²) in [6.45, 7) is 4.21. The molecule has 1 aromatic heterocycles. The van der Waals surface area contributed by atoms with Crippen molar-refractivity contribution >= 4 is 21.6 Å². The topological polar surface area (TPSA) is 52.0 Å². The van der Waals surface area contributed by atoms with E-state index in [9.17, 15) is 0 Å². The number of halogens is 1. The highest BCUT2D eigenvalue weighted by molar-refractivity contribution is 9.10. The van der Waals surface area contributed by atoms with E-state index in [1.54, 1.807) is 0 Å². The van der Waals surface area contributed by atoms with Crippen LogP contribution < -0.4 is 5.73 Å². The third-order valence-electron chi connectivity index (χ3n) is 1.35. The molecule has 1 rings (SSSR count). The molecule has 0 aliphatic rings. The minimum absolute atomic E-state index is 0.539. The lowest BCUT2D eigenvalue weighted by Gasteiger charge is -1.99. The van der Waals surface area contributed by atoms with Gasteiger partial charge in [-0.3, -0.25) is 0 Å². The first-order valence-electron chi connectivity index (χ1n) is 3.50. The van der Waals surface area contributed by atoms with Gasteiger partial charge in [-0.05, 0) is 21.8 Å². The van der Waals surface area contributed by atoms with Gasteiger partial charge in [0.15, 0.2) is 10.4 Å². The molecule has 0 radical (unpaired) electrons. The summed E-state index contributed by atoms with van der Waals surface area (Å²) in [6.07, 6.45) is 0.838. The van der Waals surface area contributed by atoms with Crippen molar-refractivity contribution in [2.24, 2.45) is 5.92 Å². The number of aromatic nitrogens is 1. The number of hydrogen-bond acceptors (Lipinski definition) is 3. The van der Waals surface area contributed by atoms with E-state index in [-0.39, 0.29) is 0 Å². The van der Waals surface area contributed by atoms with Crippen molar-refractivity contribution in [1.29, 1.82) is 0 Å². The lowest BCUT2D eigenvalue weighted by atomic mass is 10.1. The summed E-state index contributed by atoms with van der Waals surface area (Å²) in [5.74, 6) is 1.31. The Morgan fingerprint density at radius 3 is 2.64 bits per heavy atom. The second-order valence-corrected chi connectivity index (χ2v) is 3.66. The monoisotopic (exact) mass is 218 g/mol. The van der Waals surface area contributed by atoms with Crippen LogP contribution in [-0.2, 0) is 6.42 Å². The molecule has 0 spiro atoms. The van der Waals surface area contributed by atoms with E-state index < -0.39 is 0 Å². The van der Waals surface area contributed by atoms with Crippen LogP contribution in [0.3, 0.4) is 0 Å². The van der Waals surface area contributed by atoms with Crippen LogP contribution in [-0.4, -0.2) is 5.16 Å². The molecule has 2 N–H and O–H groups in total. The molecule has 3 nitrogen and oxygen atoms in total. The maximum Gasteiger partial charge on any atom is 0.172 e. The second-order valence-electron chi connectivity index (χ2n) is 2.91. The summed E-state index contributed by atoms with van der Waals surface area (Å²) in [6, 6.07) is 0. The lowest BCUT2D eigenvalue weighted by Crippen LogP contribution is -1.96. The summed E-state index contributed by atoms with van der Waals surface area (Å²) in [4.78, 5) is 0. The molecule has 11 heavy (non-hydrogen) atoms. The van der Waals surface area contributed by atoms with Crippen LogP contribution in [0.4, 0.5) is 5.69 Å². The first-order chi connectivity index (χ1) is 5.11. The van der Waals surface area contributed by atoms with Crippen LogP contribution in [0, 0.1) is 5.92 Å². The molecule has 4 heteroatoms. The van der Waals surface area contributed by atoms with Crippen LogP contribution in [0.2, 0.25) is 0 Å². The number of nitrogens with zero attached hydrogens (tertiary/aromatic N) is 1. The maximum absolute atomic E-state index is 5.65. The predicted octanol–water partition coefficient (Wildman–Crippen LogP) is 2.22. The Bertz CT molecular complexity index is 245. The number of anilines is 1. The number of nitrogen functional groups attached to an aromatic ring is 1. The zero-order valence-electron chi connectivity index (χ0n) is 6.60. The van der Waals surface area contributed by atoms with Crippen molar-refractivity contribution in [3.8, 4) is 0 Å². The lowest BCUT2D eigenvalue weighted by molar-refractivity contribution is 0.367. The maximum atomic E-state index is 5.65. The van der Waals surface area contributed by atoms with E-state index in [2.05, 4.69) is 34.9 Å². The van der Waals surface area contributed by atoms with Crippen molar-refractivity contribution in [3.05, 3.63) is 10.4 Å². The van der Waals surface area contributed by atoms with Gasteiger partial charge in [-0.25, -0.2) is 0 Å². The molecule has 1 heterocycles. The van der Waals surface area contributed by atoms with E-state index in [1.165, 1.54) is 0 Å². The molecule has 0 aliphatic carbocycles. The minimum atomic E-state index is 0.539. The zero-order valence-corrected chi connectivity index (χ0v) is 8.18. The quantitative estimate of drug-likeness (QED) is 0.829. The van der Waals surface area contributed by atoms with Gasteiger partial charge in [-0.15, -0.1) is 0 Å². The summed E-state index contributed by atoms with van der Waals surface area (Å²) >= 11 is 3.18. The Balaban J connectivity index is 2.79. The minimum Gasteiger partial charge on any atom is -0.394 e. The van der Waals surface area contributed by atoms with Gasteiger partial charge in [0.1, 0.15) is 5.69 Å². The smallest absolute Gasteiger partial charge is 0.172 e. The van der Waals surface area contributed by atoms with Crippen LogP contribution in [0.15, 0.2) is 9.13 Å². The van der Waals surface area contributed by atoms with Gasteiger partial charge in [0.05, 0.1) is 0 Å². The zero-order chi connectivity index (χ0) is 8.43. The van der Waals surface area contributed by atoms with E-state index >= 15 is 0 Å².